The molecule has 0 saturated heterocycles. The summed E-state index contributed by atoms with van der Waals surface area (Å²) in [7, 11) is 0. The summed E-state index contributed by atoms with van der Waals surface area (Å²) in [6.45, 7) is 4.18. The zero-order valence-electron chi connectivity index (χ0n) is 9.37. The number of rotatable bonds is 1. The first-order valence-corrected chi connectivity index (χ1v) is 6.03. The molecule has 3 nitrogen and oxygen atoms in total. The Morgan fingerprint density at radius 3 is 2.75 bits per heavy atom. The van der Waals surface area contributed by atoms with Crippen LogP contribution in [0.15, 0.2) is 32.9 Å². The van der Waals surface area contributed by atoms with Crippen molar-refractivity contribution in [2.24, 2.45) is 21.9 Å². The molecule has 2 N–H and O–H groups in total. The molecule has 84 valence electrons. The predicted octanol–water partition coefficient (Wildman–Crippen LogP) is 2.86. The summed E-state index contributed by atoms with van der Waals surface area (Å²) in [5, 5.41) is 8.17. The molecular formula is C12H14BrN3. The minimum absolute atomic E-state index is 0.316. The van der Waals surface area contributed by atoms with Crippen LogP contribution in [0.4, 0.5) is 0 Å². The molecule has 1 heterocycles. The maximum atomic E-state index is 5.66. The summed E-state index contributed by atoms with van der Waals surface area (Å²) < 4.78 is 1.06. The summed E-state index contributed by atoms with van der Waals surface area (Å²) in [6, 6.07) is 6.25. The van der Waals surface area contributed by atoms with E-state index in [1.54, 1.807) is 0 Å². The molecule has 16 heavy (non-hydrogen) atoms. The highest BCUT2D eigenvalue weighted by Gasteiger charge is 2.20. The summed E-state index contributed by atoms with van der Waals surface area (Å²) in [5.74, 6) is 0.927. The van der Waals surface area contributed by atoms with Crippen molar-refractivity contribution < 1.29 is 0 Å². The Morgan fingerprint density at radius 1 is 1.38 bits per heavy atom. The van der Waals surface area contributed by atoms with Gasteiger partial charge in [0.1, 0.15) is 5.84 Å². The van der Waals surface area contributed by atoms with Gasteiger partial charge in [-0.3, -0.25) is 0 Å². The molecule has 0 radical (unpaired) electrons. The van der Waals surface area contributed by atoms with Crippen LogP contribution in [0, 0.1) is 12.8 Å². The van der Waals surface area contributed by atoms with Gasteiger partial charge in [0.05, 0.1) is 5.71 Å². The van der Waals surface area contributed by atoms with Gasteiger partial charge >= 0.3 is 0 Å². The van der Waals surface area contributed by atoms with Crippen LogP contribution >= 0.6 is 15.9 Å². The van der Waals surface area contributed by atoms with E-state index in [1.165, 1.54) is 5.56 Å². The standard InChI is InChI=1S/C12H14BrN3/c1-7-3-4-9(10(13)5-7)12-8(2)6-11(14)15-16-12/h3-5,8H,6H2,1-2H3,(H2,14,15). The molecule has 0 bridgehead atoms. The van der Waals surface area contributed by atoms with Crippen LogP contribution in [0.5, 0.6) is 0 Å². The Labute approximate surface area is 104 Å². The highest BCUT2D eigenvalue weighted by molar-refractivity contribution is 9.10. The first-order chi connectivity index (χ1) is 7.58. The molecule has 1 aromatic rings. The fraction of sp³-hybridized carbons (Fsp3) is 0.333. The van der Waals surface area contributed by atoms with Gasteiger partial charge in [-0.15, -0.1) is 5.10 Å². The van der Waals surface area contributed by atoms with Gasteiger partial charge in [-0.2, -0.15) is 5.10 Å². The number of benzene rings is 1. The molecule has 1 aliphatic heterocycles. The van der Waals surface area contributed by atoms with E-state index in [-0.39, 0.29) is 0 Å². The lowest BCUT2D eigenvalue weighted by Crippen LogP contribution is -2.25. The van der Waals surface area contributed by atoms with Gasteiger partial charge in [-0.25, -0.2) is 0 Å². The van der Waals surface area contributed by atoms with Crippen molar-refractivity contribution in [1.29, 1.82) is 0 Å². The van der Waals surface area contributed by atoms with Crippen molar-refractivity contribution >= 4 is 27.5 Å². The number of aryl methyl sites for hydroxylation is 1. The SMILES string of the molecule is Cc1ccc(C2=NN=C(N)CC2C)c(Br)c1. The van der Waals surface area contributed by atoms with Gasteiger partial charge in [-0.05, 0) is 18.6 Å². The molecule has 0 saturated carbocycles. The summed E-state index contributed by atoms with van der Waals surface area (Å²) in [4.78, 5) is 0. The molecule has 4 heteroatoms. The van der Waals surface area contributed by atoms with Crippen LogP contribution in [-0.2, 0) is 0 Å². The average Bonchev–Trinajstić information content (AvgIpc) is 2.19. The quantitative estimate of drug-likeness (QED) is 0.845. The van der Waals surface area contributed by atoms with Gasteiger partial charge < -0.3 is 5.73 Å². The normalized spacial score (nSPS) is 20.3. The third-order valence-electron chi connectivity index (χ3n) is 2.67. The number of hydrogen-bond donors (Lipinski definition) is 1. The van der Waals surface area contributed by atoms with E-state index in [0.717, 1.165) is 22.2 Å². The molecule has 1 aromatic carbocycles. The maximum Gasteiger partial charge on any atom is 0.123 e. The van der Waals surface area contributed by atoms with E-state index in [2.05, 4.69) is 58.2 Å². The Kier molecular flexibility index (Phi) is 3.10. The van der Waals surface area contributed by atoms with Crippen LogP contribution in [0.25, 0.3) is 0 Å². The van der Waals surface area contributed by atoms with Crippen molar-refractivity contribution in [2.75, 3.05) is 0 Å². The summed E-state index contributed by atoms with van der Waals surface area (Å²) >= 11 is 3.56. The van der Waals surface area contributed by atoms with E-state index in [9.17, 15) is 0 Å². The van der Waals surface area contributed by atoms with Gasteiger partial charge in [0.25, 0.3) is 0 Å². The molecule has 2 rings (SSSR count). The van der Waals surface area contributed by atoms with Crippen molar-refractivity contribution in [1.82, 2.24) is 0 Å². The molecule has 0 spiro atoms. The maximum absolute atomic E-state index is 5.66. The highest BCUT2D eigenvalue weighted by atomic mass is 79.9. The smallest absolute Gasteiger partial charge is 0.123 e. The van der Waals surface area contributed by atoms with Crippen molar-refractivity contribution in [2.45, 2.75) is 20.3 Å². The van der Waals surface area contributed by atoms with Crippen LogP contribution in [0.1, 0.15) is 24.5 Å². The Balaban J connectivity index is 2.44. The third-order valence-corrected chi connectivity index (χ3v) is 3.32. The van der Waals surface area contributed by atoms with Gasteiger partial charge in [0.2, 0.25) is 0 Å². The predicted molar refractivity (Wildman–Crippen MR) is 70.8 cm³/mol. The Morgan fingerprint density at radius 2 is 2.12 bits per heavy atom. The molecular weight excluding hydrogens is 266 g/mol. The van der Waals surface area contributed by atoms with Crippen LogP contribution in [-0.4, -0.2) is 11.5 Å². The monoisotopic (exact) mass is 279 g/mol. The number of halogens is 1. The second kappa shape index (κ2) is 4.37. The zero-order chi connectivity index (χ0) is 11.7. The summed E-state index contributed by atoms with van der Waals surface area (Å²) in [6.07, 6.45) is 0.777. The second-order valence-electron chi connectivity index (χ2n) is 4.17. The van der Waals surface area contributed by atoms with E-state index in [4.69, 9.17) is 5.73 Å². The molecule has 0 aliphatic carbocycles. The average molecular weight is 280 g/mol. The Hall–Kier alpha value is -1.16. The lowest BCUT2D eigenvalue weighted by atomic mass is 9.94. The first kappa shape index (κ1) is 11.3. The molecule has 0 amide bonds. The number of hydrogen-bond acceptors (Lipinski definition) is 3. The first-order valence-electron chi connectivity index (χ1n) is 5.24. The zero-order valence-corrected chi connectivity index (χ0v) is 11.0. The minimum Gasteiger partial charge on any atom is -0.386 e. The van der Waals surface area contributed by atoms with E-state index in [0.29, 0.717) is 11.8 Å². The molecule has 1 atom stereocenters. The lowest BCUT2D eigenvalue weighted by molar-refractivity contribution is 0.783. The van der Waals surface area contributed by atoms with Gasteiger partial charge in [0.15, 0.2) is 0 Å². The van der Waals surface area contributed by atoms with Crippen molar-refractivity contribution in [3.05, 3.63) is 33.8 Å². The fourth-order valence-electron chi connectivity index (χ4n) is 1.82. The van der Waals surface area contributed by atoms with E-state index in [1.807, 2.05) is 0 Å². The number of amidine groups is 1. The lowest BCUT2D eigenvalue weighted by Gasteiger charge is -2.18. The summed E-state index contributed by atoms with van der Waals surface area (Å²) in [5.41, 5.74) is 8.99. The minimum atomic E-state index is 0.316. The molecule has 0 fully saturated rings. The second-order valence-corrected chi connectivity index (χ2v) is 5.02. The molecule has 1 aliphatic rings. The fourth-order valence-corrected chi connectivity index (χ4v) is 2.51. The highest BCUT2D eigenvalue weighted by Crippen LogP contribution is 2.25. The van der Waals surface area contributed by atoms with E-state index < -0.39 is 0 Å². The Bertz CT molecular complexity index is 477. The number of nitrogens with two attached hydrogens (primary N) is 1. The third kappa shape index (κ3) is 2.16. The van der Waals surface area contributed by atoms with Gasteiger partial charge in [-0.1, -0.05) is 35.0 Å². The largest absolute Gasteiger partial charge is 0.386 e. The van der Waals surface area contributed by atoms with Crippen molar-refractivity contribution in [3.8, 4) is 0 Å². The van der Waals surface area contributed by atoms with Gasteiger partial charge in [0, 0.05) is 22.4 Å². The molecule has 1 unspecified atom stereocenters. The van der Waals surface area contributed by atoms with E-state index >= 15 is 0 Å². The number of nitrogens with zero attached hydrogens (tertiary/aromatic N) is 2. The van der Waals surface area contributed by atoms with Crippen LogP contribution in [0.2, 0.25) is 0 Å². The topological polar surface area (TPSA) is 50.7 Å². The van der Waals surface area contributed by atoms with Crippen LogP contribution in [0.3, 0.4) is 0 Å². The van der Waals surface area contributed by atoms with Crippen molar-refractivity contribution in [3.63, 3.8) is 0 Å². The molecule has 0 aromatic heterocycles. The van der Waals surface area contributed by atoms with Crippen LogP contribution < -0.4 is 5.73 Å².